The highest BCUT2D eigenvalue weighted by atomic mass is 16.7. The fourth-order valence-electron chi connectivity index (χ4n) is 3.37. The number of fused-ring (bicyclic) bond motifs is 1. The number of nitrogen functional groups attached to an aromatic ring is 1. The van der Waals surface area contributed by atoms with Gasteiger partial charge in [0.05, 0.1) is 6.21 Å². The van der Waals surface area contributed by atoms with E-state index in [-0.39, 0.29) is 34.3 Å². The average molecular weight is 490 g/mol. The number of anilines is 1. The number of esters is 3. The summed E-state index contributed by atoms with van der Waals surface area (Å²) in [7, 11) is 0. The number of aromatic nitrogens is 4. The minimum absolute atomic E-state index is 0.0398. The van der Waals surface area contributed by atoms with Gasteiger partial charge in [0.25, 0.3) is 0 Å². The van der Waals surface area contributed by atoms with E-state index in [1.54, 1.807) is 0 Å². The van der Waals surface area contributed by atoms with Gasteiger partial charge in [-0.25, -0.2) is 9.72 Å². The van der Waals surface area contributed by atoms with Gasteiger partial charge >= 0.3 is 23.9 Å². The monoisotopic (exact) mass is 490 g/mol. The van der Waals surface area contributed by atoms with Crippen LogP contribution in [0.3, 0.4) is 0 Å². The van der Waals surface area contributed by atoms with Crippen LogP contribution in [0.1, 0.15) is 27.0 Å². The molecule has 2 aromatic rings. The van der Waals surface area contributed by atoms with E-state index in [0.29, 0.717) is 6.29 Å². The van der Waals surface area contributed by atoms with Crippen LogP contribution in [0.25, 0.3) is 11.2 Å². The molecule has 186 valence electrons. The number of ether oxygens (including phenoxy) is 4. The number of hydrogen-bond donors (Lipinski definition) is 1. The number of nitrogens with zero attached hydrogens (tertiary/aromatic N) is 5. The van der Waals surface area contributed by atoms with Crippen molar-refractivity contribution in [2.24, 2.45) is 0 Å². The van der Waals surface area contributed by atoms with Crippen LogP contribution < -0.4 is 5.73 Å². The Hall–Kier alpha value is -4.40. The summed E-state index contributed by atoms with van der Waals surface area (Å²) in [5.74, 6) is -2.49. The average Bonchev–Trinajstić information content (AvgIpc) is 3.33. The lowest BCUT2D eigenvalue weighted by atomic mass is 10.1. The van der Waals surface area contributed by atoms with Gasteiger partial charge in [-0.3, -0.25) is 23.7 Å². The summed E-state index contributed by atoms with van der Waals surface area (Å²) in [6.45, 7) is 3.20. The van der Waals surface area contributed by atoms with E-state index in [1.807, 2.05) is 0 Å². The maximum atomic E-state index is 12.3. The molecule has 0 aromatic carbocycles. The molecule has 0 unspecified atom stereocenters. The highest BCUT2D eigenvalue weighted by Gasteiger charge is 2.51. The van der Waals surface area contributed by atoms with E-state index in [1.165, 1.54) is 23.9 Å². The summed E-state index contributed by atoms with van der Waals surface area (Å²) < 4.78 is 23.3. The van der Waals surface area contributed by atoms with Gasteiger partial charge in [-0.2, -0.15) is 0 Å². The lowest BCUT2D eigenvalue weighted by Crippen LogP contribution is -2.40. The normalized spacial score (nSPS) is 22.3. The fourth-order valence-corrected chi connectivity index (χ4v) is 3.37. The van der Waals surface area contributed by atoms with E-state index >= 15 is 0 Å². The summed E-state index contributed by atoms with van der Waals surface area (Å²) in [5, 5.41) is 12.3. The van der Waals surface area contributed by atoms with Crippen molar-refractivity contribution in [1.29, 1.82) is 0 Å². The molecule has 0 saturated carbocycles. The second-order valence-electron chi connectivity index (χ2n) is 7.24. The molecular formula is C20H22N6O9. The molecule has 1 fully saturated rings. The van der Waals surface area contributed by atoms with Crippen molar-refractivity contribution < 1.29 is 42.9 Å². The Bertz CT molecular complexity index is 1210. The van der Waals surface area contributed by atoms with Crippen LogP contribution in [0.5, 0.6) is 0 Å². The summed E-state index contributed by atoms with van der Waals surface area (Å²) in [4.78, 5) is 57.6. The second kappa shape index (κ2) is 10.7. The minimum Gasteiger partial charge on any atom is -0.740 e. The Balaban J connectivity index is 2.08. The number of allylic oxidation sites excluding steroid dienone is 2. The van der Waals surface area contributed by atoms with Gasteiger partial charge in [-0.15, -0.1) is 0 Å². The Morgan fingerprint density at radius 3 is 2.46 bits per heavy atom. The van der Waals surface area contributed by atoms with Crippen molar-refractivity contribution in [1.82, 2.24) is 19.5 Å². The molecule has 3 heterocycles. The number of aldehydes is 1. The van der Waals surface area contributed by atoms with Crippen molar-refractivity contribution in [2.45, 2.75) is 45.3 Å². The molecule has 0 amide bonds. The molecule has 0 bridgehead atoms. The molecule has 15 nitrogen and oxygen atoms in total. The van der Waals surface area contributed by atoms with E-state index in [0.717, 1.165) is 26.1 Å². The molecule has 0 aliphatic carbocycles. The van der Waals surface area contributed by atoms with E-state index in [4.69, 9.17) is 24.7 Å². The molecule has 1 saturated heterocycles. The van der Waals surface area contributed by atoms with Crippen LogP contribution in [0, 0.1) is 5.21 Å². The third-order valence-corrected chi connectivity index (χ3v) is 4.66. The predicted octanol–water partition coefficient (Wildman–Crippen LogP) is -0.300. The number of carbonyl (C=O) groups excluding carboxylic acids is 4. The van der Waals surface area contributed by atoms with Crippen LogP contribution >= 0.6 is 0 Å². The zero-order valence-corrected chi connectivity index (χ0v) is 18.9. The maximum Gasteiger partial charge on any atom is 0.437 e. The van der Waals surface area contributed by atoms with Gasteiger partial charge in [-0.05, 0) is 22.1 Å². The predicted molar refractivity (Wildman–Crippen MR) is 116 cm³/mol. The number of rotatable bonds is 8. The van der Waals surface area contributed by atoms with Gasteiger partial charge in [-0.1, -0.05) is 0 Å². The topological polar surface area (TPSA) is 201 Å². The van der Waals surface area contributed by atoms with Crippen LogP contribution in [-0.2, 0) is 38.1 Å². The molecule has 1 aliphatic rings. The molecule has 1 aliphatic heterocycles. The van der Waals surface area contributed by atoms with Crippen molar-refractivity contribution in [2.75, 3.05) is 12.3 Å². The van der Waals surface area contributed by atoms with E-state index < -0.39 is 42.4 Å². The van der Waals surface area contributed by atoms with Gasteiger partial charge < -0.3 is 29.9 Å². The van der Waals surface area contributed by atoms with Gasteiger partial charge in [0.15, 0.2) is 24.0 Å². The first-order valence-electron chi connectivity index (χ1n) is 10.2. The van der Waals surface area contributed by atoms with Crippen molar-refractivity contribution >= 4 is 53.3 Å². The zero-order valence-electron chi connectivity index (χ0n) is 18.9. The molecule has 15 heteroatoms. The number of hydrogen-bond acceptors (Lipinski definition) is 13. The number of imidazole rings is 1. The first-order valence-corrected chi connectivity index (χ1v) is 10.2. The Morgan fingerprint density at radius 1 is 1.14 bits per heavy atom. The SMILES string of the molecule is CC(=O)OC[C@H]1O[C@@H](n2cnc3c(N)nc(/[N+]([O-])=C/C=C\C=O)nc32)[C@H](OC(C)=O)[C@@H]1OC(C)=O. The Labute approximate surface area is 197 Å². The molecular weight excluding hydrogens is 468 g/mol. The summed E-state index contributed by atoms with van der Waals surface area (Å²) in [6.07, 6.45) is 0.512. The third kappa shape index (κ3) is 5.75. The second-order valence-corrected chi connectivity index (χ2v) is 7.24. The minimum atomic E-state index is -1.19. The quantitative estimate of drug-likeness (QED) is 0.0739. The lowest BCUT2D eigenvalue weighted by molar-refractivity contribution is -0.363. The first kappa shape index (κ1) is 25.2. The maximum absolute atomic E-state index is 12.3. The zero-order chi connectivity index (χ0) is 25.7. The van der Waals surface area contributed by atoms with Gasteiger partial charge in [0.2, 0.25) is 11.5 Å². The highest BCUT2D eigenvalue weighted by Crippen LogP contribution is 2.36. The molecule has 35 heavy (non-hydrogen) atoms. The van der Waals surface area contributed by atoms with Crippen LogP contribution in [0.4, 0.5) is 11.8 Å². The molecule has 2 aromatic heterocycles. The van der Waals surface area contributed by atoms with Gasteiger partial charge in [0, 0.05) is 20.8 Å². The standard InChI is InChI=1S/C20H22N6O9/c1-10(28)32-8-13-15(33-11(2)29)16(34-12(3)30)19(35-13)25-9-22-14-17(21)23-20(24-18(14)25)26(31)6-4-5-7-27/h4-7,9,13,15-16,19H,8H2,1-3H3,(H2,21,23,24)/b5-4-,26-6-/t13-,15-,16-,19-/m1/s1. The van der Waals surface area contributed by atoms with Gasteiger partial charge in [0.1, 0.15) is 25.3 Å². The molecule has 0 radical (unpaired) electrons. The largest absolute Gasteiger partial charge is 0.740 e. The Morgan fingerprint density at radius 2 is 1.83 bits per heavy atom. The van der Waals surface area contributed by atoms with Crippen molar-refractivity contribution in [3.63, 3.8) is 0 Å². The number of nitrogens with two attached hydrogens (primary N) is 1. The lowest BCUT2D eigenvalue weighted by Gasteiger charge is -2.23. The summed E-state index contributed by atoms with van der Waals surface area (Å²) in [6, 6.07) is 0. The molecule has 2 N–H and O–H groups in total. The number of carbonyl (C=O) groups is 4. The van der Waals surface area contributed by atoms with E-state index in [9.17, 15) is 24.4 Å². The van der Waals surface area contributed by atoms with Crippen molar-refractivity contribution in [3.8, 4) is 0 Å². The first-order chi connectivity index (χ1) is 16.6. The van der Waals surface area contributed by atoms with Crippen molar-refractivity contribution in [3.05, 3.63) is 23.7 Å². The molecule has 0 spiro atoms. The van der Waals surface area contributed by atoms with Crippen LogP contribution in [0.2, 0.25) is 0 Å². The van der Waals surface area contributed by atoms with Crippen LogP contribution in [-0.4, -0.2) is 79.6 Å². The van der Waals surface area contributed by atoms with E-state index in [2.05, 4.69) is 15.0 Å². The summed E-state index contributed by atoms with van der Waals surface area (Å²) >= 11 is 0. The smallest absolute Gasteiger partial charge is 0.437 e. The third-order valence-electron chi connectivity index (χ3n) is 4.66. The Kier molecular flexibility index (Phi) is 7.70. The molecule has 4 atom stereocenters. The highest BCUT2D eigenvalue weighted by molar-refractivity contribution is 5.83. The summed E-state index contributed by atoms with van der Waals surface area (Å²) in [5.41, 5.74) is 6.10. The fraction of sp³-hybridized carbons (Fsp3) is 0.400. The van der Waals surface area contributed by atoms with Crippen LogP contribution in [0.15, 0.2) is 18.5 Å². The molecule has 3 rings (SSSR count).